The molecule has 1 fully saturated rings. The molecule has 1 aromatic heterocycles. The van der Waals surface area contributed by atoms with Crippen molar-refractivity contribution in [1.29, 1.82) is 0 Å². The topological polar surface area (TPSA) is 63.7 Å². The molecule has 2 rings (SSSR count). The fraction of sp³-hybridized carbons (Fsp3) is 0.600. The van der Waals surface area contributed by atoms with Crippen molar-refractivity contribution < 1.29 is 14.3 Å². The van der Waals surface area contributed by atoms with Crippen molar-refractivity contribution in [1.82, 2.24) is 15.2 Å². The Morgan fingerprint density at radius 3 is 3.00 bits per heavy atom. The van der Waals surface area contributed by atoms with E-state index in [2.05, 4.69) is 15.2 Å². The molecule has 1 aliphatic rings. The molecule has 0 saturated carbocycles. The van der Waals surface area contributed by atoms with Crippen LogP contribution in [0.3, 0.4) is 0 Å². The lowest BCUT2D eigenvalue weighted by molar-refractivity contribution is 0.0951. The Morgan fingerprint density at radius 1 is 1.52 bits per heavy atom. The second kappa shape index (κ2) is 7.95. The average Bonchev–Trinajstić information content (AvgIpc) is 2.97. The van der Waals surface area contributed by atoms with E-state index >= 15 is 0 Å². The molecule has 0 aliphatic carbocycles. The summed E-state index contributed by atoms with van der Waals surface area (Å²) in [4.78, 5) is 18.2. The quantitative estimate of drug-likeness (QED) is 0.758. The minimum absolute atomic E-state index is 0.0724. The molecule has 6 nitrogen and oxygen atoms in total. The van der Waals surface area contributed by atoms with E-state index in [1.54, 1.807) is 18.3 Å². The van der Waals surface area contributed by atoms with Gasteiger partial charge in [-0.3, -0.25) is 4.79 Å². The van der Waals surface area contributed by atoms with Crippen molar-refractivity contribution in [3.8, 4) is 5.88 Å². The van der Waals surface area contributed by atoms with Gasteiger partial charge in [0, 0.05) is 25.2 Å². The molecule has 1 atom stereocenters. The van der Waals surface area contributed by atoms with Crippen molar-refractivity contribution >= 4 is 5.91 Å². The number of hydrogen-bond donors (Lipinski definition) is 1. The van der Waals surface area contributed by atoms with Crippen LogP contribution in [0, 0.1) is 0 Å². The van der Waals surface area contributed by atoms with E-state index in [1.165, 1.54) is 0 Å². The van der Waals surface area contributed by atoms with Crippen LogP contribution in [0.15, 0.2) is 18.3 Å². The van der Waals surface area contributed by atoms with Gasteiger partial charge < -0.3 is 19.7 Å². The molecule has 0 spiro atoms. The highest BCUT2D eigenvalue weighted by atomic mass is 16.5. The third kappa shape index (κ3) is 5.32. The number of hydrogen-bond acceptors (Lipinski definition) is 5. The largest absolute Gasteiger partial charge is 0.472 e. The van der Waals surface area contributed by atoms with Gasteiger partial charge >= 0.3 is 0 Å². The summed E-state index contributed by atoms with van der Waals surface area (Å²) < 4.78 is 10.9. The van der Waals surface area contributed by atoms with E-state index in [1.807, 2.05) is 14.1 Å². The van der Waals surface area contributed by atoms with Gasteiger partial charge in [-0.25, -0.2) is 4.98 Å². The second-order valence-corrected chi connectivity index (χ2v) is 5.40. The van der Waals surface area contributed by atoms with Gasteiger partial charge in [0.05, 0.1) is 18.8 Å². The van der Waals surface area contributed by atoms with Crippen molar-refractivity contribution in [2.75, 3.05) is 40.4 Å². The Hall–Kier alpha value is -1.66. The number of nitrogens with zero attached hydrogens (tertiary/aromatic N) is 2. The first-order chi connectivity index (χ1) is 10.1. The lowest BCUT2D eigenvalue weighted by Gasteiger charge is -2.11. The van der Waals surface area contributed by atoms with Crippen LogP contribution < -0.4 is 10.1 Å². The lowest BCUT2D eigenvalue weighted by atomic mass is 10.2. The first-order valence-corrected chi connectivity index (χ1v) is 7.28. The summed E-state index contributed by atoms with van der Waals surface area (Å²) >= 11 is 0. The van der Waals surface area contributed by atoms with Crippen LogP contribution in [0.2, 0.25) is 0 Å². The summed E-state index contributed by atoms with van der Waals surface area (Å²) in [5.74, 6) is 0.437. The van der Waals surface area contributed by atoms with Crippen molar-refractivity contribution in [3.63, 3.8) is 0 Å². The SMILES string of the molecule is CN(C)CCCNC(=O)c1ccc(OC2CCOC2)nc1. The fourth-order valence-electron chi connectivity index (χ4n) is 2.06. The minimum atomic E-state index is -0.1000. The van der Waals surface area contributed by atoms with Crippen LogP contribution in [-0.4, -0.2) is 62.3 Å². The maximum atomic E-state index is 11.9. The van der Waals surface area contributed by atoms with Crippen LogP contribution in [0.5, 0.6) is 5.88 Å². The first kappa shape index (κ1) is 15.7. The van der Waals surface area contributed by atoms with E-state index in [0.29, 0.717) is 24.6 Å². The number of rotatable bonds is 7. The number of carbonyl (C=O) groups is 1. The minimum Gasteiger partial charge on any atom is -0.472 e. The zero-order valence-electron chi connectivity index (χ0n) is 12.7. The summed E-state index contributed by atoms with van der Waals surface area (Å²) in [5.41, 5.74) is 0.551. The molecule has 0 bridgehead atoms. The predicted molar refractivity (Wildman–Crippen MR) is 79.6 cm³/mol. The fourth-order valence-corrected chi connectivity index (χ4v) is 2.06. The zero-order chi connectivity index (χ0) is 15.1. The van der Waals surface area contributed by atoms with Crippen molar-refractivity contribution in [2.24, 2.45) is 0 Å². The highest BCUT2D eigenvalue weighted by Crippen LogP contribution is 2.14. The second-order valence-electron chi connectivity index (χ2n) is 5.40. The molecular weight excluding hydrogens is 270 g/mol. The summed E-state index contributed by atoms with van der Waals surface area (Å²) in [6.45, 7) is 2.96. The number of pyridine rings is 1. The normalized spacial score (nSPS) is 18.0. The number of amides is 1. The van der Waals surface area contributed by atoms with Gasteiger partial charge in [-0.1, -0.05) is 0 Å². The Kier molecular flexibility index (Phi) is 5.95. The molecule has 21 heavy (non-hydrogen) atoms. The molecule has 1 amide bonds. The number of nitrogens with one attached hydrogen (secondary N) is 1. The Balaban J connectivity index is 1.76. The van der Waals surface area contributed by atoms with Gasteiger partial charge in [0.1, 0.15) is 6.10 Å². The smallest absolute Gasteiger partial charge is 0.252 e. The van der Waals surface area contributed by atoms with Gasteiger partial charge in [0.25, 0.3) is 5.91 Å². The average molecular weight is 293 g/mol. The van der Waals surface area contributed by atoms with Gasteiger partial charge in [-0.15, -0.1) is 0 Å². The zero-order valence-corrected chi connectivity index (χ0v) is 12.7. The van der Waals surface area contributed by atoms with Crippen LogP contribution in [0.1, 0.15) is 23.2 Å². The highest BCUT2D eigenvalue weighted by Gasteiger charge is 2.17. The summed E-state index contributed by atoms with van der Waals surface area (Å²) in [6.07, 6.45) is 3.43. The summed E-state index contributed by atoms with van der Waals surface area (Å²) in [6, 6.07) is 3.46. The number of aromatic nitrogens is 1. The molecule has 1 aromatic rings. The molecule has 1 N–H and O–H groups in total. The molecule has 1 aliphatic heterocycles. The highest BCUT2D eigenvalue weighted by molar-refractivity contribution is 5.93. The molecule has 6 heteroatoms. The van der Waals surface area contributed by atoms with Gasteiger partial charge in [-0.2, -0.15) is 0 Å². The predicted octanol–water partition coefficient (Wildman–Crippen LogP) is 0.931. The van der Waals surface area contributed by atoms with Crippen LogP contribution >= 0.6 is 0 Å². The van der Waals surface area contributed by atoms with E-state index in [-0.39, 0.29) is 12.0 Å². The summed E-state index contributed by atoms with van der Waals surface area (Å²) in [7, 11) is 4.03. The molecule has 1 saturated heterocycles. The van der Waals surface area contributed by atoms with E-state index in [9.17, 15) is 4.79 Å². The Labute approximate surface area is 125 Å². The maximum Gasteiger partial charge on any atom is 0.252 e. The van der Waals surface area contributed by atoms with Gasteiger partial charge in [0.2, 0.25) is 5.88 Å². The number of ether oxygens (including phenoxy) is 2. The van der Waals surface area contributed by atoms with Crippen LogP contribution in [0.25, 0.3) is 0 Å². The van der Waals surface area contributed by atoms with Crippen molar-refractivity contribution in [3.05, 3.63) is 23.9 Å². The molecular formula is C15H23N3O3. The van der Waals surface area contributed by atoms with Crippen molar-refractivity contribution in [2.45, 2.75) is 18.9 Å². The Morgan fingerprint density at radius 2 is 2.38 bits per heavy atom. The van der Waals surface area contributed by atoms with E-state index in [0.717, 1.165) is 26.0 Å². The molecule has 116 valence electrons. The van der Waals surface area contributed by atoms with Gasteiger partial charge in [0.15, 0.2) is 0 Å². The lowest BCUT2D eigenvalue weighted by Crippen LogP contribution is -2.27. The Bertz CT molecular complexity index is 442. The van der Waals surface area contributed by atoms with Crippen LogP contribution in [0.4, 0.5) is 0 Å². The van der Waals surface area contributed by atoms with E-state index in [4.69, 9.17) is 9.47 Å². The van der Waals surface area contributed by atoms with Crippen LogP contribution in [-0.2, 0) is 4.74 Å². The third-order valence-electron chi connectivity index (χ3n) is 3.24. The summed E-state index contributed by atoms with van der Waals surface area (Å²) in [5, 5.41) is 2.88. The van der Waals surface area contributed by atoms with Gasteiger partial charge in [-0.05, 0) is 33.1 Å². The molecule has 0 radical (unpaired) electrons. The third-order valence-corrected chi connectivity index (χ3v) is 3.24. The maximum absolute atomic E-state index is 11.9. The molecule has 0 aromatic carbocycles. The molecule has 1 unspecified atom stereocenters. The standard InChI is InChI=1S/C15H23N3O3/c1-18(2)8-3-7-16-15(19)12-4-5-14(17-10-12)21-13-6-9-20-11-13/h4-5,10,13H,3,6-9,11H2,1-2H3,(H,16,19). The number of carbonyl (C=O) groups excluding carboxylic acids is 1. The van der Waals surface area contributed by atoms with E-state index < -0.39 is 0 Å². The molecule has 2 heterocycles. The first-order valence-electron chi connectivity index (χ1n) is 7.28. The monoisotopic (exact) mass is 293 g/mol.